The van der Waals surface area contributed by atoms with E-state index in [1.165, 1.54) is 42.2 Å². The molecule has 0 bridgehead atoms. The van der Waals surface area contributed by atoms with Crippen molar-refractivity contribution in [3.8, 4) is 11.3 Å². The molecule has 0 radical (unpaired) electrons. The number of pyridine rings is 1. The quantitative estimate of drug-likeness (QED) is 0.395. The van der Waals surface area contributed by atoms with Crippen LogP contribution < -0.4 is 0 Å². The minimum atomic E-state index is -4.36. The summed E-state index contributed by atoms with van der Waals surface area (Å²) in [5.41, 5.74) is -0.763. The van der Waals surface area contributed by atoms with E-state index in [-0.39, 0.29) is 22.6 Å². The number of aromatic nitrogens is 2. The van der Waals surface area contributed by atoms with Crippen molar-refractivity contribution in [1.29, 1.82) is 0 Å². The summed E-state index contributed by atoms with van der Waals surface area (Å²) in [6, 6.07) is 8.81. The molecule has 1 aromatic carbocycles. The molecule has 0 aliphatic heterocycles. The highest BCUT2D eigenvalue weighted by atomic mass is 32.2. The van der Waals surface area contributed by atoms with Gasteiger partial charge in [-0.2, -0.15) is 16.2 Å². The minimum absolute atomic E-state index is 0.0764. The topological polar surface area (TPSA) is 92.5 Å². The molecule has 1 amide bonds. The van der Waals surface area contributed by atoms with Crippen LogP contribution in [0.25, 0.3) is 11.3 Å². The van der Waals surface area contributed by atoms with Gasteiger partial charge in [-0.15, -0.1) is 0 Å². The van der Waals surface area contributed by atoms with E-state index in [0.29, 0.717) is 9.73 Å². The molecule has 0 saturated carbocycles. The summed E-state index contributed by atoms with van der Waals surface area (Å²) in [6.07, 6.45) is 2.78. The molecule has 3 aromatic rings. The van der Waals surface area contributed by atoms with Gasteiger partial charge in [-0.3, -0.25) is 0 Å². The maximum Gasteiger partial charge on any atom is 0.407 e. The molecule has 7 nitrogen and oxygen atoms in total. The number of carbonyl (C=O) groups is 1. The fraction of sp³-hybridized carbons (Fsp3) is 0.333. The van der Waals surface area contributed by atoms with Gasteiger partial charge in [0.15, 0.2) is 5.82 Å². The highest BCUT2D eigenvalue weighted by molar-refractivity contribution is 7.97. The van der Waals surface area contributed by atoms with E-state index in [2.05, 4.69) is 4.98 Å². The van der Waals surface area contributed by atoms with Crippen LogP contribution >= 0.6 is 11.8 Å². The number of nitrogens with zero attached hydrogens (tertiary/aromatic N) is 3. The molecule has 0 saturated heterocycles. The largest absolute Gasteiger partial charge is 0.465 e. The number of halogens is 2. The van der Waals surface area contributed by atoms with E-state index < -0.39 is 45.5 Å². The van der Waals surface area contributed by atoms with Gasteiger partial charge in [-0.25, -0.2) is 26.6 Å². The van der Waals surface area contributed by atoms with Crippen molar-refractivity contribution in [2.45, 2.75) is 38.0 Å². The number of hydrogen-bond acceptors (Lipinski definition) is 5. The Balaban J connectivity index is 2.21. The van der Waals surface area contributed by atoms with Gasteiger partial charge in [-0.1, -0.05) is 32.9 Å². The monoisotopic (exact) mass is 523 g/mol. The Labute approximate surface area is 207 Å². The number of benzene rings is 1. The highest BCUT2D eigenvalue weighted by Crippen LogP contribution is 2.33. The van der Waals surface area contributed by atoms with Crippen LogP contribution in [-0.4, -0.2) is 46.3 Å². The van der Waals surface area contributed by atoms with Gasteiger partial charge in [0.05, 0.1) is 17.0 Å². The molecule has 2 heterocycles. The minimum Gasteiger partial charge on any atom is -0.465 e. The number of amides is 1. The zero-order valence-corrected chi connectivity index (χ0v) is 21.5. The summed E-state index contributed by atoms with van der Waals surface area (Å²) < 4.78 is 58.3. The predicted octanol–water partition coefficient (Wildman–Crippen LogP) is 5.45. The zero-order chi connectivity index (χ0) is 26.0. The SMILES string of the molecule is CSCc1cccc(S(=O)(=O)n2cc(CN(CC(C)(C)C)C(=O)O)c(F)c2-c2cccnc2F)c1. The Bertz CT molecular complexity index is 1330. The van der Waals surface area contributed by atoms with Gasteiger partial charge in [0, 0.05) is 30.3 Å². The summed E-state index contributed by atoms with van der Waals surface area (Å²) in [5.74, 6) is -1.51. The van der Waals surface area contributed by atoms with Crippen LogP contribution in [0, 0.1) is 17.2 Å². The molecule has 0 aliphatic rings. The van der Waals surface area contributed by atoms with Gasteiger partial charge in [0.25, 0.3) is 10.0 Å². The number of thioether (sulfide) groups is 1. The second kappa shape index (κ2) is 10.4. The zero-order valence-electron chi connectivity index (χ0n) is 19.8. The van der Waals surface area contributed by atoms with E-state index >= 15 is 4.39 Å². The third kappa shape index (κ3) is 6.02. The van der Waals surface area contributed by atoms with E-state index in [1.54, 1.807) is 12.1 Å². The molecule has 3 rings (SSSR count). The molecule has 0 aliphatic carbocycles. The third-order valence-corrected chi connectivity index (χ3v) is 7.34. The van der Waals surface area contributed by atoms with Gasteiger partial charge >= 0.3 is 6.09 Å². The molecule has 0 spiro atoms. The fourth-order valence-electron chi connectivity index (χ4n) is 3.66. The van der Waals surface area contributed by atoms with Crippen LogP contribution in [0.2, 0.25) is 0 Å². The first-order valence-electron chi connectivity index (χ1n) is 10.7. The van der Waals surface area contributed by atoms with Crippen molar-refractivity contribution in [2.24, 2.45) is 5.41 Å². The van der Waals surface area contributed by atoms with Crippen LogP contribution in [-0.2, 0) is 22.3 Å². The van der Waals surface area contributed by atoms with Crippen molar-refractivity contribution < 1.29 is 27.1 Å². The number of hydrogen-bond donors (Lipinski definition) is 1. The van der Waals surface area contributed by atoms with Crippen LogP contribution in [0.15, 0.2) is 53.7 Å². The average molecular weight is 524 g/mol. The summed E-state index contributed by atoms with van der Waals surface area (Å²) >= 11 is 1.51. The summed E-state index contributed by atoms with van der Waals surface area (Å²) in [7, 11) is -4.36. The van der Waals surface area contributed by atoms with Crippen LogP contribution in [0.5, 0.6) is 0 Å². The van der Waals surface area contributed by atoms with Crippen LogP contribution in [0.4, 0.5) is 13.6 Å². The molecule has 0 unspecified atom stereocenters. The molecule has 11 heteroatoms. The number of rotatable bonds is 8. The van der Waals surface area contributed by atoms with Crippen LogP contribution in [0.1, 0.15) is 31.9 Å². The maximum atomic E-state index is 15.8. The fourth-order valence-corrected chi connectivity index (χ4v) is 5.63. The van der Waals surface area contributed by atoms with E-state index in [9.17, 15) is 22.7 Å². The summed E-state index contributed by atoms with van der Waals surface area (Å²) in [6.45, 7) is 5.14. The van der Waals surface area contributed by atoms with Crippen molar-refractivity contribution >= 4 is 27.9 Å². The first kappa shape index (κ1) is 26.7. The first-order valence-corrected chi connectivity index (χ1v) is 13.5. The summed E-state index contributed by atoms with van der Waals surface area (Å²) in [4.78, 5) is 16.3. The molecule has 188 valence electrons. The highest BCUT2D eigenvalue weighted by Gasteiger charge is 2.30. The Kier molecular flexibility index (Phi) is 7.90. The normalized spacial score (nSPS) is 12.1. The second-order valence-electron chi connectivity index (χ2n) is 9.24. The van der Waals surface area contributed by atoms with Crippen molar-refractivity contribution in [2.75, 3.05) is 12.8 Å². The molecular formula is C24H27F2N3O4S2. The third-order valence-electron chi connectivity index (χ3n) is 5.06. The van der Waals surface area contributed by atoms with Gasteiger partial charge in [-0.05, 0) is 41.5 Å². The molecular weight excluding hydrogens is 496 g/mol. The van der Waals surface area contributed by atoms with E-state index in [1.807, 2.05) is 27.0 Å². The van der Waals surface area contributed by atoms with E-state index in [0.717, 1.165) is 16.7 Å². The Morgan fingerprint density at radius 3 is 2.51 bits per heavy atom. The lowest BCUT2D eigenvalue weighted by atomic mass is 9.96. The van der Waals surface area contributed by atoms with Crippen molar-refractivity contribution in [3.63, 3.8) is 0 Å². The standard InChI is InChI=1S/C24H27F2N3O4S2/c1-24(2,3)15-28(23(30)31)12-17-13-29(21(20(17)25)19-9-6-10-27-22(19)26)35(32,33)18-8-5-7-16(11-18)14-34-4/h5-11,13H,12,14-15H2,1-4H3,(H,30,31). The lowest BCUT2D eigenvalue weighted by Gasteiger charge is -2.27. The lowest BCUT2D eigenvalue weighted by Crippen LogP contribution is -2.36. The molecule has 35 heavy (non-hydrogen) atoms. The Morgan fingerprint density at radius 2 is 1.91 bits per heavy atom. The van der Waals surface area contributed by atoms with Gasteiger partial charge < -0.3 is 10.0 Å². The molecule has 0 fully saturated rings. The van der Waals surface area contributed by atoms with Crippen LogP contribution in [0.3, 0.4) is 0 Å². The lowest BCUT2D eigenvalue weighted by molar-refractivity contribution is 0.122. The molecule has 2 aromatic heterocycles. The van der Waals surface area contributed by atoms with E-state index in [4.69, 9.17) is 0 Å². The van der Waals surface area contributed by atoms with Crippen molar-refractivity contribution in [3.05, 3.63) is 71.7 Å². The maximum absolute atomic E-state index is 15.8. The molecule has 0 atom stereocenters. The van der Waals surface area contributed by atoms with Crippen molar-refractivity contribution in [1.82, 2.24) is 13.9 Å². The van der Waals surface area contributed by atoms with Gasteiger partial charge in [0.1, 0.15) is 5.69 Å². The smallest absolute Gasteiger partial charge is 0.407 e. The number of carboxylic acid groups (broad SMARTS) is 1. The first-order chi connectivity index (χ1) is 16.3. The summed E-state index contributed by atoms with van der Waals surface area (Å²) in [5, 5.41) is 9.65. The molecule has 1 N–H and O–H groups in total. The average Bonchev–Trinajstić information content (AvgIpc) is 3.10. The Hall–Kier alpha value is -2.92. The predicted molar refractivity (Wildman–Crippen MR) is 132 cm³/mol. The van der Waals surface area contributed by atoms with Gasteiger partial charge in [0.2, 0.25) is 5.95 Å². The Morgan fingerprint density at radius 1 is 1.20 bits per heavy atom. The second-order valence-corrected chi connectivity index (χ2v) is 11.9.